The van der Waals surface area contributed by atoms with E-state index >= 15 is 0 Å². The van der Waals surface area contributed by atoms with Crippen LogP contribution in [0.15, 0.2) is 50.3 Å². The minimum Gasteiger partial charge on any atom is -0.328 e. The molecular formula is C12H15N4O3P. The van der Waals surface area contributed by atoms with Crippen molar-refractivity contribution < 1.29 is 14.7 Å². The van der Waals surface area contributed by atoms with Crippen LogP contribution in [0.1, 0.15) is 11.4 Å². The molecule has 0 saturated carbocycles. The quantitative estimate of drug-likeness (QED) is 0.718. The lowest BCUT2D eigenvalue weighted by Crippen LogP contribution is -1.77. The predicted molar refractivity (Wildman–Crippen MR) is 77.8 cm³/mol. The molecule has 2 aromatic rings. The van der Waals surface area contributed by atoms with Gasteiger partial charge < -0.3 is 14.7 Å². The van der Waals surface area contributed by atoms with Crippen molar-refractivity contribution in [3.05, 3.63) is 61.7 Å². The molecule has 0 aliphatic carbocycles. The number of rotatable bonds is 2. The molecule has 8 heteroatoms. The molecule has 0 bridgehead atoms. The van der Waals surface area contributed by atoms with Gasteiger partial charge in [0.2, 0.25) is 0 Å². The first-order valence-electron chi connectivity index (χ1n) is 5.23. The van der Waals surface area contributed by atoms with Crippen LogP contribution in [-0.4, -0.2) is 34.6 Å². The molecule has 0 unspecified atom stereocenters. The Bertz CT molecular complexity index is 436. The Hall–Kier alpha value is -2.05. The van der Waals surface area contributed by atoms with Gasteiger partial charge in [0.25, 0.3) is 0 Å². The Morgan fingerprint density at radius 1 is 0.800 bits per heavy atom. The Labute approximate surface area is 118 Å². The maximum absolute atomic E-state index is 7.23. The zero-order valence-electron chi connectivity index (χ0n) is 10.6. The molecule has 2 aromatic heterocycles. The second-order valence-corrected chi connectivity index (χ2v) is 3.47. The van der Waals surface area contributed by atoms with Crippen LogP contribution in [0.25, 0.3) is 12.2 Å². The Morgan fingerprint density at radius 2 is 1.15 bits per heavy atom. The van der Waals surface area contributed by atoms with Crippen LogP contribution in [0.2, 0.25) is 0 Å². The van der Waals surface area contributed by atoms with Gasteiger partial charge in [0.1, 0.15) is 0 Å². The van der Waals surface area contributed by atoms with Crippen LogP contribution in [0.4, 0.5) is 0 Å². The first-order valence-corrected chi connectivity index (χ1v) is 6.43. The highest BCUT2D eigenvalue weighted by Gasteiger charge is 1.79. The lowest BCUT2D eigenvalue weighted by atomic mass is 10.5. The van der Waals surface area contributed by atoms with Crippen molar-refractivity contribution in [3.8, 4) is 0 Å². The summed E-state index contributed by atoms with van der Waals surface area (Å²) in [4.78, 5) is 37.2. The second kappa shape index (κ2) is 12.0. The molecule has 0 aliphatic heterocycles. The molecule has 2 heterocycles. The Kier molecular flexibility index (Phi) is 10.8. The fourth-order valence-corrected chi connectivity index (χ4v) is 0.832. The van der Waals surface area contributed by atoms with Gasteiger partial charge >= 0.3 is 8.60 Å². The molecule has 7 nitrogen and oxygen atoms in total. The van der Waals surface area contributed by atoms with Gasteiger partial charge in [-0.1, -0.05) is 13.2 Å². The van der Waals surface area contributed by atoms with E-state index in [0.29, 0.717) is 0 Å². The molecule has 0 spiro atoms. The fraction of sp³-hybridized carbons (Fsp3) is 0. The summed E-state index contributed by atoms with van der Waals surface area (Å²) in [6.45, 7) is 7.06. The first-order chi connectivity index (χ1) is 9.60. The molecular weight excluding hydrogens is 279 g/mol. The van der Waals surface area contributed by atoms with E-state index in [0.717, 1.165) is 11.4 Å². The second-order valence-electron chi connectivity index (χ2n) is 2.94. The minimum atomic E-state index is -2.62. The highest BCUT2D eigenvalue weighted by molar-refractivity contribution is 7.38. The molecule has 106 valence electrons. The molecule has 3 N–H and O–H groups in total. The normalized spacial score (nSPS) is 8.60. The standard InChI is InChI=1S/2C6H6N2.H3O3P/c2*1-2-6-5-7-3-4-8-6;1-4(2)3/h2*2-5H,1H2;1-3H. The van der Waals surface area contributed by atoms with Crippen molar-refractivity contribution in [1.82, 2.24) is 19.9 Å². The summed E-state index contributed by atoms with van der Waals surface area (Å²) >= 11 is 0. The summed E-state index contributed by atoms with van der Waals surface area (Å²) in [5.41, 5.74) is 1.63. The van der Waals surface area contributed by atoms with E-state index in [1.54, 1.807) is 49.3 Å². The lowest BCUT2D eigenvalue weighted by Gasteiger charge is -1.83. The van der Waals surface area contributed by atoms with Crippen LogP contribution < -0.4 is 0 Å². The monoisotopic (exact) mass is 294 g/mol. The molecule has 20 heavy (non-hydrogen) atoms. The van der Waals surface area contributed by atoms with E-state index in [-0.39, 0.29) is 0 Å². The maximum atomic E-state index is 7.23. The van der Waals surface area contributed by atoms with Crippen molar-refractivity contribution in [2.45, 2.75) is 0 Å². The van der Waals surface area contributed by atoms with Gasteiger partial charge in [-0.15, -0.1) is 0 Å². The highest BCUT2D eigenvalue weighted by atomic mass is 31.2. The van der Waals surface area contributed by atoms with Crippen LogP contribution in [0, 0.1) is 0 Å². The number of nitrogens with zero attached hydrogens (tertiary/aromatic N) is 4. The smallest absolute Gasteiger partial charge is 0.324 e. The molecule has 0 aliphatic rings. The summed E-state index contributed by atoms with van der Waals surface area (Å²) in [5.74, 6) is 0. The van der Waals surface area contributed by atoms with E-state index < -0.39 is 8.60 Å². The summed E-state index contributed by atoms with van der Waals surface area (Å²) in [6, 6.07) is 0. The Balaban J connectivity index is 0.000000289. The van der Waals surface area contributed by atoms with Gasteiger partial charge in [-0.05, 0) is 12.2 Å². The molecule has 0 radical (unpaired) electrons. The van der Waals surface area contributed by atoms with Crippen molar-refractivity contribution in [2.75, 3.05) is 0 Å². The average molecular weight is 294 g/mol. The molecule has 0 aromatic carbocycles. The lowest BCUT2D eigenvalue weighted by molar-refractivity contribution is 0.368. The molecule has 0 saturated heterocycles. The zero-order chi connectivity index (χ0) is 15.2. The summed E-state index contributed by atoms with van der Waals surface area (Å²) < 4.78 is 0. The summed E-state index contributed by atoms with van der Waals surface area (Å²) in [6.07, 6.45) is 13.2. The zero-order valence-corrected chi connectivity index (χ0v) is 11.5. The van der Waals surface area contributed by atoms with Crippen LogP contribution in [0.5, 0.6) is 0 Å². The van der Waals surface area contributed by atoms with Crippen molar-refractivity contribution in [1.29, 1.82) is 0 Å². The fourth-order valence-electron chi connectivity index (χ4n) is 0.832. The molecule has 0 atom stereocenters. The third-order valence-electron chi connectivity index (χ3n) is 1.58. The van der Waals surface area contributed by atoms with Crippen LogP contribution in [0.3, 0.4) is 0 Å². The first kappa shape index (κ1) is 17.9. The SMILES string of the molecule is C=Cc1cnccn1.C=Cc1cnccn1.OP(O)O. The maximum Gasteiger partial charge on any atom is 0.324 e. The minimum absolute atomic E-state index is 0.813. The average Bonchev–Trinajstić information content (AvgIpc) is 2.49. The third-order valence-corrected chi connectivity index (χ3v) is 1.58. The molecule has 0 amide bonds. The highest BCUT2D eigenvalue weighted by Crippen LogP contribution is 2.11. The predicted octanol–water partition coefficient (Wildman–Crippen LogP) is 1.43. The van der Waals surface area contributed by atoms with Gasteiger partial charge in [0.05, 0.1) is 23.8 Å². The van der Waals surface area contributed by atoms with Gasteiger partial charge in [-0.25, -0.2) is 0 Å². The van der Waals surface area contributed by atoms with Gasteiger partial charge in [0.15, 0.2) is 0 Å². The summed E-state index contributed by atoms with van der Waals surface area (Å²) in [5, 5.41) is 0. The Morgan fingerprint density at radius 3 is 1.30 bits per heavy atom. The van der Waals surface area contributed by atoms with E-state index in [1.165, 1.54) is 0 Å². The van der Waals surface area contributed by atoms with Crippen molar-refractivity contribution in [2.24, 2.45) is 0 Å². The van der Waals surface area contributed by atoms with Gasteiger partial charge in [-0.2, -0.15) is 0 Å². The molecule has 0 fully saturated rings. The third kappa shape index (κ3) is 11.1. The van der Waals surface area contributed by atoms with Crippen LogP contribution >= 0.6 is 8.60 Å². The molecule has 2 rings (SSSR count). The van der Waals surface area contributed by atoms with E-state index in [1.807, 2.05) is 0 Å². The van der Waals surface area contributed by atoms with E-state index in [9.17, 15) is 0 Å². The topological polar surface area (TPSA) is 112 Å². The number of aromatic nitrogens is 4. The summed E-state index contributed by atoms with van der Waals surface area (Å²) in [7, 11) is -2.62. The van der Waals surface area contributed by atoms with E-state index in [2.05, 4.69) is 33.1 Å². The van der Waals surface area contributed by atoms with E-state index in [4.69, 9.17) is 14.7 Å². The number of hydrogen-bond acceptors (Lipinski definition) is 7. The number of hydrogen-bond donors (Lipinski definition) is 3. The van der Waals surface area contributed by atoms with Crippen LogP contribution in [-0.2, 0) is 0 Å². The van der Waals surface area contributed by atoms with Crippen molar-refractivity contribution in [3.63, 3.8) is 0 Å². The largest absolute Gasteiger partial charge is 0.328 e. The van der Waals surface area contributed by atoms with Crippen molar-refractivity contribution >= 4 is 20.8 Å². The van der Waals surface area contributed by atoms with Gasteiger partial charge in [-0.3, -0.25) is 19.9 Å². The van der Waals surface area contributed by atoms with Gasteiger partial charge in [0, 0.05) is 24.8 Å².